The van der Waals surface area contributed by atoms with Gasteiger partial charge in [-0.2, -0.15) is 0 Å². The number of fused-ring (bicyclic) bond motifs is 1. The van der Waals surface area contributed by atoms with E-state index >= 15 is 0 Å². The molecule has 104 valence electrons. The van der Waals surface area contributed by atoms with Gasteiger partial charge in [-0.15, -0.1) is 11.8 Å². The van der Waals surface area contributed by atoms with Crippen molar-refractivity contribution in [3.63, 3.8) is 0 Å². The van der Waals surface area contributed by atoms with Gasteiger partial charge in [-0.25, -0.2) is 0 Å². The van der Waals surface area contributed by atoms with E-state index in [0.717, 1.165) is 5.92 Å². The van der Waals surface area contributed by atoms with E-state index in [-0.39, 0.29) is 0 Å². The monoisotopic (exact) mass is 276 g/mol. The number of piperazine rings is 1. The van der Waals surface area contributed by atoms with Crippen LogP contribution in [-0.4, -0.2) is 54.8 Å². The van der Waals surface area contributed by atoms with Crippen LogP contribution in [0.5, 0.6) is 0 Å². The van der Waals surface area contributed by atoms with Crippen molar-refractivity contribution in [3.8, 4) is 0 Å². The summed E-state index contributed by atoms with van der Waals surface area (Å²) in [4.78, 5) is 6.78. The zero-order chi connectivity index (χ0) is 13.1. The second-order valence-electron chi connectivity index (χ2n) is 5.69. The highest BCUT2D eigenvalue weighted by atomic mass is 32.2. The molecule has 3 rings (SSSR count). The standard InChI is InChI=1S/C16H24N2S/c1-2-7-17-8-10-18(11-9-17)12-14-13-19-16-6-4-3-5-15(14)16/h3-6,14H,2,7-13H2,1H3. The third-order valence-electron chi connectivity index (χ3n) is 4.28. The lowest BCUT2D eigenvalue weighted by molar-refractivity contribution is 0.129. The predicted molar refractivity (Wildman–Crippen MR) is 83.1 cm³/mol. The molecule has 0 amide bonds. The SMILES string of the molecule is CCCN1CCN(CC2CSc3ccccc32)CC1. The van der Waals surface area contributed by atoms with Crippen LogP contribution in [0, 0.1) is 0 Å². The maximum Gasteiger partial charge on any atom is 0.0110 e. The molecule has 0 N–H and O–H groups in total. The summed E-state index contributed by atoms with van der Waals surface area (Å²) in [5.41, 5.74) is 1.59. The van der Waals surface area contributed by atoms with Gasteiger partial charge in [-0.3, -0.25) is 0 Å². The van der Waals surface area contributed by atoms with Crippen LogP contribution in [0.3, 0.4) is 0 Å². The normalized spacial score (nSPS) is 24.6. The van der Waals surface area contributed by atoms with Crippen molar-refractivity contribution < 1.29 is 0 Å². The minimum atomic E-state index is 0.749. The van der Waals surface area contributed by atoms with Gasteiger partial charge < -0.3 is 9.80 Å². The van der Waals surface area contributed by atoms with Crippen molar-refractivity contribution in [1.29, 1.82) is 0 Å². The van der Waals surface area contributed by atoms with Gasteiger partial charge >= 0.3 is 0 Å². The Bertz CT molecular complexity index is 413. The summed E-state index contributed by atoms with van der Waals surface area (Å²) in [6, 6.07) is 8.96. The van der Waals surface area contributed by atoms with Crippen molar-refractivity contribution >= 4 is 11.8 Å². The first-order valence-electron chi connectivity index (χ1n) is 7.53. The molecular weight excluding hydrogens is 252 g/mol. The summed E-state index contributed by atoms with van der Waals surface area (Å²) in [5, 5.41) is 0. The summed E-state index contributed by atoms with van der Waals surface area (Å²) in [5.74, 6) is 2.02. The maximum absolute atomic E-state index is 2.67. The van der Waals surface area contributed by atoms with Gasteiger partial charge in [0.25, 0.3) is 0 Å². The molecule has 0 spiro atoms. The van der Waals surface area contributed by atoms with Crippen molar-refractivity contribution in [2.45, 2.75) is 24.2 Å². The highest BCUT2D eigenvalue weighted by molar-refractivity contribution is 7.99. The predicted octanol–water partition coefficient (Wildman–Crippen LogP) is 2.90. The van der Waals surface area contributed by atoms with Crippen molar-refractivity contribution in [1.82, 2.24) is 9.80 Å². The fourth-order valence-corrected chi connectivity index (χ4v) is 4.45. The number of nitrogens with zero attached hydrogens (tertiary/aromatic N) is 2. The van der Waals surface area contributed by atoms with E-state index in [0.29, 0.717) is 0 Å². The number of rotatable bonds is 4. The van der Waals surface area contributed by atoms with Gasteiger partial charge in [0.15, 0.2) is 0 Å². The summed E-state index contributed by atoms with van der Waals surface area (Å²) in [6.07, 6.45) is 1.28. The van der Waals surface area contributed by atoms with Crippen LogP contribution in [0.15, 0.2) is 29.2 Å². The summed E-state index contributed by atoms with van der Waals surface area (Å²) in [6.45, 7) is 9.83. The molecule has 2 aliphatic rings. The lowest BCUT2D eigenvalue weighted by atomic mass is 10.0. The molecule has 1 atom stereocenters. The van der Waals surface area contributed by atoms with Crippen LogP contribution < -0.4 is 0 Å². The van der Waals surface area contributed by atoms with Gasteiger partial charge in [-0.05, 0) is 24.6 Å². The topological polar surface area (TPSA) is 6.48 Å². The quantitative estimate of drug-likeness (QED) is 0.835. The average Bonchev–Trinajstić information content (AvgIpc) is 2.85. The molecule has 0 aromatic heterocycles. The Morgan fingerprint density at radius 1 is 1.11 bits per heavy atom. The molecule has 2 heterocycles. The molecule has 2 nitrogen and oxygen atoms in total. The zero-order valence-corrected chi connectivity index (χ0v) is 12.7. The van der Waals surface area contributed by atoms with Crippen LogP contribution in [0.4, 0.5) is 0 Å². The Labute approximate surface area is 121 Å². The summed E-state index contributed by atoms with van der Waals surface area (Å²) >= 11 is 2.04. The second-order valence-corrected chi connectivity index (χ2v) is 6.75. The molecule has 3 heteroatoms. The molecule has 1 unspecified atom stereocenters. The van der Waals surface area contributed by atoms with Gasteiger partial charge in [0.1, 0.15) is 0 Å². The van der Waals surface area contributed by atoms with Crippen molar-refractivity contribution in [2.24, 2.45) is 0 Å². The minimum Gasteiger partial charge on any atom is -0.301 e. The zero-order valence-electron chi connectivity index (χ0n) is 11.8. The minimum absolute atomic E-state index is 0.749. The fraction of sp³-hybridized carbons (Fsp3) is 0.625. The molecule has 1 saturated heterocycles. The number of hydrogen-bond donors (Lipinski definition) is 0. The Morgan fingerprint density at radius 3 is 2.63 bits per heavy atom. The first kappa shape index (κ1) is 13.5. The first-order valence-corrected chi connectivity index (χ1v) is 8.52. The molecule has 0 saturated carbocycles. The first-order chi connectivity index (χ1) is 9.36. The van der Waals surface area contributed by atoms with E-state index in [1.165, 1.54) is 56.3 Å². The fourth-order valence-electron chi connectivity index (χ4n) is 3.20. The van der Waals surface area contributed by atoms with Gasteiger partial charge in [0, 0.05) is 49.3 Å². The molecule has 0 radical (unpaired) electrons. The lowest BCUT2D eigenvalue weighted by Crippen LogP contribution is -2.47. The molecular formula is C16H24N2S. The van der Waals surface area contributed by atoms with Gasteiger partial charge in [0.05, 0.1) is 0 Å². The van der Waals surface area contributed by atoms with Gasteiger partial charge in [0.2, 0.25) is 0 Å². The number of hydrogen-bond acceptors (Lipinski definition) is 3. The van der Waals surface area contributed by atoms with E-state index < -0.39 is 0 Å². The maximum atomic E-state index is 2.67. The van der Waals surface area contributed by atoms with Crippen LogP contribution in [0.1, 0.15) is 24.8 Å². The Balaban J connectivity index is 1.54. The molecule has 2 aliphatic heterocycles. The van der Waals surface area contributed by atoms with E-state index in [9.17, 15) is 0 Å². The Morgan fingerprint density at radius 2 is 1.84 bits per heavy atom. The summed E-state index contributed by atoms with van der Waals surface area (Å²) < 4.78 is 0. The molecule has 1 aromatic carbocycles. The Hall–Kier alpha value is -0.510. The molecule has 0 aliphatic carbocycles. The van der Waals surface area contributed by atoms with Crippen LogP contribution >= 0.6 is 11.8 Å². The highest BCUT2D eigenvalue weighted by Gasteiger charge is 2.26. The third kappa shape index (κ3) is 3.15. The smallest absolute Gasteiger partial charge is 0.0110 e. The average molecular weight is 276 g/mol. The number of thioether (sulfide) groups is 1. The van der Waals surface area contributed by atoms with Crippen LogP contribution in [-0.2, 0) is 0 Å². The lowest BCUT2D eigenvalue weighted by Gasteiger charge is -2.35. The van der Waals surface area contributed by atoms with E-state index in [1.54, 1.807) is 5.56 Å². The summed E-state index contributed by atoms with van der Waals surface area (Å²) in [7, 11) is 0. The molecule has 19 heavy (non-hydrogen) atoms. The molecule has 0 bridgehead atoms. The second kappa shape index (κ2) is 6.29. The molecule has 1 fully saturated rings. The number of benzene rings is 1. The Kier molecular flexibility index (Phi) is 4.46. The van der Waals surface area contributed by atoms with Gasteiger partial charge in [-0.1, -0.05) is 25.1 Å². The van der Waals surface area contributed by atoms with Crippen LogP contribution in [0.25, 0.3) is 0 Å². The largest absolute Gasteiger partial charge is 0.301 e. The van der Waals surface area contributed by atoms with Crippen LogP contribution in [0.2, 0.25) is 0 Å². The van der Waals surface area contributed by atoms with E-state index in [4.69, 9.17) is 0 Å². The van der Waals surface area contributed by atoms with E-state index in [2.05, 4.69) is 41.0 Å². The van der Waals surface area contributed by atoms with E-state index in [1.807, 2.05) is 11.8 Å². The highest BCUT2D eigenvalue weighted by Crippen LogP contribution is 2.39. The van der Waals surface area contributed by atoms with Crippen molar-refractivity contribution in [3.05, 3.63) is 29.8 Å². The molecule has 1 aromatic rings. The van der Waals surface area contributed by atoms with Crippen molar-refractivity contribution in [2.75, 3.05) is 45.0 Å². The third-order valence-corrected chi connectivity index (χ3v) is 5.53.